The highest BCUT2D eigenvalue weighted by Gasteiger charge is 2.00. The molecule has 0 radical (unpaired) electrons. The molecule has 0 atom stereocenters. The Morgan fingerprint density at radius 1 is 1.20 bits per heavy atom. The number of fused-ring (bicyclic) bond motifs is 1. The Morgan fingerprint density at radius 3 is 2.80 bits per heavy atom. The number of H-pyrrole nitrogens is 1. The van der Waals surface area contributed by atoms with Crippen LogP contribution in [0.4, 0.5) is 0 Å². The molecule has 0 saturated carbocycles. The molecular weight excluding hydrogens is 142 g/mol. The van der Waals surface area contributed by atoms with Gasteiger partial charge >= 0.3 is 0 Å². The smallest absolute Gasteiger partial charge is 0.175 e. The molecule has 0 aliphatic heterocycles. The molecule has 0 aliphatic carbocycles. The third-order valence-electron chi connectivity index (χ3n) is 1.59. The van der Waals surface area contributed by atoms with Gasteiger partial charge in [-0.15, -0.1) is 0 Å². The van der Waals surface area contributed by atoms with Crippen LogP contribution in [0.3, 0.4) is 0 Å². The zero-order chi connectivity index (χ0) is 6.97. The molecule has 0 spiro atoms. The lowest BCUT2D eigenvalue weighted by molar-refractivity contribution is 1.42. The van der Waals surface area contributed by atoms with Crippen LogP contribution in [0.15, 0.2) is 35.4 Å². The van der Waals surface area contributed by atoms with Gasteiger partial charge in [0, 0.05) is 0 Å². The number of rotatable bonds is 0. The van der Waals surface area contributed by atoms with Crippen molar-refractivity contribution < 1.29 is 0 Å². The fourth-order valence-electron chi connectivity index (χ4n) is 1.07. The van der Waals surface area contributed by atoms with Crippen LogP contribution in [0, 0.1) is 0 Å². The largest absolute Gasteiger partial charge is 0.357 e. The molecule has 2 aromatic rings. The monoisotopic (exact) mass is 150 g/mol. The van der Waals surface area contributed by atoms with E-state index in [-0.39, 0.29) is 0 Å². The maximum atomic E-state index is 3.48. The van der Waals surface area contributed by atoms with Crippen LogP contribution in [0.2, 0.25) is 0 Å². The topological polar surface area (TPSA) is 15.8 Å². The number of hydrogen-bond acceptors (Lipinski definition) is 0. The van der Waals surface area contributed by atoms with E-state index in [0.29, 0.717) is 0 Å². The molecule has 1 aromatic heterocycles. The van der Waals surface area contributed by atoms with Gasteiger partial charge in [-0.1, -0.05) is 12.1 Å². The van der Waals surface area contributed by atoms with Gasteiger partial charge in [-0.05, 0) is 24.8 Å². The van der Waals surface area contributed by atoms with E-state index >= 15 is 0 Å². The summed E-state index contributed by atoms with van der Waals surface area (Å²) in [5.74, 6) is 0. The maximum Gasteiger partial charge on any atom is 0.175 e. The van der Waals surface area contributed by atoms with Gasteiger partial charge in [0.25, 0.3) is 0 Å². The lowest BCUT2D eigenvalue weighted by Gasteiger charge is -1.83. The van der Waals surface area contributed by atoms with E-state index in [4.69, 9.17) is 0 Å². The second kappa shape index (κ2) is 2.06. The number of aromatic nitrogens is 1. The highest BCUT2D eigenvalue weighted by atomic mass is 32.1. The number of para-hydroxylation sites is 1. The number of nitrogens with one attached hydrogen (secondary N) is 1. The van der Waals surface area contributed by atoms with E-state index in [1.807, 2.05) is 18.3 Å². The minimum Gasteiger partial charge on any atom is -0.357 e. The molecule has 0 fully saturated rings. The van der Waals surface area contributed by atoms with E-state index < -0.39 is 0 Å². The Labute approximate surface area is 64.5 Å². The first-order chi connectivity index (χ1) is 4.88. The molecule has 0 aliphatic rings. The zero-order valence-corrected chi connectivity index (χ0v) is 6.39. The Bertz CT molecular complexity index is 351. The van der Waals surface area contributed by atoms with Crippen molar-refractivity contribution >= 4 is 23.5 Å². The van der Waals surface area contributed by atoms with Crippen molar-refractivity contribution in [3.05, 3.63) is 30.5 Å². The third-order valence-corrected chi connectivity index (χ3v) is 2.00. The first kappa shape index (κ1) is 5.86. The summed E-state index contributed by atoms with van der Waals surface area (Å²) in [6, 6.07) is 8.18. The quantitative estimate of drug-likeness (QED) is 0.548. The summed E-state index contributed by atoms with van der Waals surface area (Å²) in [5.41, 5.74) is 1.17. The molecular formula is C8H8NS+. The highest BCUT2D eigenvalue weighted by molar-refractivity contribution is 7.59. The second-order valence-electron chi connectivity index (χ2n) is 2.25. The Hall–Kier alpha value is -0.890. The summed E-state index contributed by atoms with van der Waals surface area (Å²) in [6.45, 7) is 0. The second-order valence-corrected chi connectivity index (χ2v) is 2.79. The lowest BCUT2D eigenvalue weighted by Crippen LogP contribution is -1.64. The normalized spacial score (nSPS) is 10.5. The Kier molecular flexibility index (Phi) is 1.21. The average molecular weight is 150 g/mol. The molecule has 2 heteroatoms. The van der Waals surface area contributed by atoms with E-state index in [0.717, 1.165) is 4.90 Å². The first-order valence-electron chi connectivity index (χ1n) is 3.15. The van der Waals surface area contributed by atoms with Gasteiger partial charge in [-0.2, -0.15) is 0 Å². The highest BCUT2D eigenvalue weighted by Crippen LogP contribution is 2.15. The molecule has 0 amide bonds. The van der Waals surface area contributed by atoms with Gasteiger partial charge in [-0.25, -0.2) is 0 Å². The first-order valence-corrected chi connectivity index (χ1v) is 3.65. The average Bonchev–Trinajstić information content (AvgIpc) is 2.34. The van der Waals surface area contributed by atoms with Crippen LogP contribution in [-0.2, 0) is 12.6 Å². The molecule has 1 N–H and O–H groups in total. The van der Waals surface area contributed by atoms with Crippen molar-refractivity contribution in [3.63, 3.8) is 0 Å². The molecule has 1 heterocycles. The van der Waals surface area contributed by atoms with Gasteiger partial charge in [0.05, 0.1) is 17.1 Å². The molecule has 50 valence electrons. The molecule has 0 unspecified atom stereocenters. The Balaban J connectivity index is 2.93. The lowest BCUT2D eigenvalue weighted by atomic mass is 10.2. The summed E-state index contributed by atoms with van der Waals surface area (Å²) in [6.07, 6.45) is 1.95. The van der Waals surface area contributed by atoms with E-state index in [2.05, 4.69) is 29.7 Å². The van der Waals surface area contributed by atoms with Crippen molar-refractivity contribution in [2.45, 2.75) is 4.90 Å². The summed E-state index contributed by atoms with van der Waals surface area (Å²) in [4.78, 5) is 4.26. The standard InChI is InChI=1S/C8H7NS/c10-8-5-9-7-4-2-1-3-6(7)8/h1-5,9-10H/p+1. The summed E-state index contributed by atoms with van der Waals surface area (Å²) in [5, 5.41) is 1.24. The molecule has 1 aromatic carbocycles. The minimum absolute atomic E-state index is 1.12. The van der Waals surface area contributed by atoms with Crippen molar-refractivity contribution in [3.8, 4) is 0 Å². The zero-order valence-electron chi connectivity index (χ0n) is 5.39. The maximum absolute atomic E-state index is 3.48. The summed E-state index contributed by atoms with van der Waals surface area (Å²) < 4.78 is 0. The van der Waals surface area contributed by atoms with Crippen LogP contribution in [0.25, 0.3) is 10.9 Å². The van der Waals surface area contributed by atoms with Gasteiger partial charge < -0.3 is 4.98 Å². The fourth-order valence-corrected chi connectivity index (χ4v) is 1.36. The number of aromatic amines is 1. The van der Waals surface area contributed by atoms with Crippen LogP contribution < -0.4 is 0 Å². The van der Waals surface area contributed by atoms with Crippen LogP contribution in [0.1, 0.15) is 0 Å². The Morgan fingerprint density at radius 2 is 2.00 bits per heavy atom. The third kappa shape index (κ3) is 0.727. The van der Waals surface area contributed by atoms with E-state index in [1.54, 1.807) is 0 Å². The fraction of sp³-hybridized carbons (Fsp3) is 0. The van der Waals surface area contributed by atoms with Crippen LogP contribution in [0.5, 0.6) is 0 Å². The van der Waals surface area contributed by atoms with Crippen LogP contribution >= 0.6 is 0 Å². The molecule has 0 saturated heterocycles. The van der Waals surface area contributed by atoms with Gasteiger partial charge in [0.2, 0.25) is 0 Å². The van der Waals surface area contributed by atoms with Crippen LogP contribution in [-0.4, -0.2) is 4.98 Å². The van der Waals surface area contributed by atoms with Crippen molar-refractivity contribution in [1.29, 1.82) is 0 Å². The van der Waals surface area contributed by atoms with Crippen molar-refractivity contribution in [2.75, 3.05) is 0 Å². The molecule has 2 rings (SSSR count). The summed E-state index contributed by atoms with van der Waals surface area (Å²) in [7, 11) is 0. The minimum atomic E-state index is 1.12. The molecule has 0 bridgehead atoms. The SMILES string of the molecule is [SH2+]c1c[nH]c2ccccc12. The predicted molar refractivity (Wildman–Crippen MR) is 46.7 cm³/mol. The van der Waals surface area contributed by atoms with Crippen molar-refractivity contribution in [1.82, 2.24) is 4.98 Å². The van der Waals surface area contributed by atoms with Gasteiger partial charge in [0.15, 0.2) is 4.90 Å². The predicted octanol–water partition coefficient (Wildman–Crippen LogP) is 1.54. The molecule has 1 nitrogen and oxygen atoms in total. The molecule has 10 heavy (non-hydrogen) atoms. The summed E-state index contributed by atoms with van der Waals surface area (Å²) >= 11 is 3.48. The van der Waals surface area contributed by atoms with E-state index in [9.17, 15) is 0 Å². The van der Waals surface area contributed by atoms with Crippen molar-refractivity contribution in [2.24, 2.45) is 0 Å². The van der Waals surface area contributed by atoms with Gasteiger partial charge in [0.1, 0.15) is 0 Å². The number of hydrogen-bond donors (Lipinski definition) is 1. The van der Waals surface area contributed by atoms with E-state index in [1.165, 1.54) is 10.9 Å². The number of benzene rings is 1. The van der Waals surface area contributed by atoms with Gasteiger partial charge in [-0.3, -0.25) is 0 Å².